The van der Waals surface area contributed by atoms with E-state index in [9.17, 15) is 4.79 Å². The van der Waals surface area contributed by atoms with E-state index in [1.54, 1.807) is 14.2 Å². The summed E-state index contributed by atoms with van der Waals surface area (Å²) in [6.07, 6.45) is 3.93. The first-order valence-electron chi connectivity index (χ1n) is 14.7. The molecule has 0 spiro atoms. The Kier molecular flexibility index (Phi) is 7.95. The maximum absolute atomic E-state index is 13.5. The molecule has 214 valence electrons. The van der Waals surface area contributed by atoms with E-state index < -0.39 is 6.04 Å². The van der Waals surface area contributed by atoms with Gasteiger partial charge in [-0.3, -0.25) is 4.79 Å². The van der Waals surface area contributed by atoms with Gasteiger partial charge >= 0.3 is 0 Å². The standard InChI is InChI=1S/C36H37N3O3/c1-41-28-20-21-29(32(23-28)42-2)36-38-30-18-9-10-19-31(30)39(36)34(35(37)40)27-17-11-16-26(22-27)33(24-12-5-3-6-13-24)25-14-7-4-8-15-25/h3-10,12-15,18-21,23,26-27,33-34H,11,16-17,22H2,1-2H3,(H2,37,40). The van der Waals surface area contributed by atoms with Crippen LogP contribution in [0.1, 0.15) is 48.8 Å². The molecule has 0 bridgehead atoms. The molecule has 3 unspecified atom stereocenters. The third-order valence-electron chi connectivity index (χ3n) is 8.81. The summed E-state index contributed by atoms with van der Waals surface area (Å²) in [4.78, 5) is 18.5. The third-order valence-corrected chi connectivity index (χ3v) is 8.81. The van der Waals surface area contributed by atoms with Crippen LogP contribution in [0.15, 0.2) is 103 Å². The van der Waals surface area contributed by atoms with E-state index in [2.05, 4.69) is 65.2 Å². The predicted octanol–water partition coefficient (Wildman–Crippen LogP) is 7.39. The van der Waals surface area contributed by atoms with Gasteiger partial charge in [0.2, 0.25) is 5.91 Å². The van der Waals surface area contributed by atoms with Crippen molar-refractivity contribution in [2.75, 3.05) is 14.2 Å². The minimum Gasteiger partial charge on any atom is -0.497 e. The first-order valence-corrected chi connectivity index (χ1v) is 14.7. The molecule has 0 radical (unpaired) electrons. The number of imidazole rings is 1. The third kappa shape index (κ3) is 5.25. The highest BCUT2D eigenvalue weighted by Crippen LogP contribution is 2.47. The normalized spacial score (nSPS) is 17.7. The van der Waals surface area contributed by atoms with Gasteiger partial charge < -0.3 is 19.8 Å². The lowest BCUT2D eigenvalue weighted by molar-refractivity contribution is -0.123. The molecule has 1 fully saturated rings. The first kappa shape index (κ1) is 27.6. The van der Waals surface area contributed by atoms with E-state index in [0.717, 1.165) is 42.3 Å². The number of methoxy groups -OCH3 is 2. The molecular formula is C36H37N3O3. The van der Waals surface area contributed by atoms with Crippen LogP contribution in [0.25, 0.3) is 22.4 Å². The Morgan fingerprint density at radius 3 is 2.12 bits per heavy atom. The Labute approximate surface area is 247 Å². The molecule has 1 aromatic heterocycles. The number of nitrogens with two attached hydrogens (primary N) is 1. The van der Waals surface area contributed by atoms with Crippen molar-refractivity contribution in [3.8, 4) is 22.9 Å². The number of rotatable bonds is 9. The lowest BCUT2D eigenvalue weighted by Gasteiger charge is -2.38. The van der Waals surface area contributed by atoms with Crippen LogP contribution >= 0.6 is 0 Å². The number of hydrogen-bond donors (Lipinski definition) is 1. The number of aromatic nitrogens is 2. The molecule has 42 heavy (non-hydrogen) atoms. The summed E-state index contributed by atoms with van der Waals surface area (Å²) in [6.45, 7) is 0. The van der Waals surface area contributed by atoms with Crippen molar-refractivity contribution < 1.29 is 14.3 Å². The summed E-state index contributed by atoms with van der Waals surface area (Å²) in [5.41, 5.74) is 11.4. The second-order valence-corrected chi connectivity index (χ2v) is 11.2. The number of amides is 1. The van der Waals surface area contributed by atoms with E-state index in [1.165, 1.54) is 11.1 Å². The van der Waals surface area contributed by atoms with Gasteiger partial charge in [0.1, 0.15) is 23.4 Å². The van der Waals surface area contributed by atoms with Crippen LogP contribution in [0.4, 0.5) is 0 Å². The zero-order valence-electron chi connectivity index (χ0n) is 24.1. The zero-order valence-corrected chi connectivity index (χ0v) is 24.1. The largest absolute Gasteiger partial charge is 0.497 e. The molecule has 2 N–H and O–H groups in total. The number of carbonyl (C=O) groups is 1. The molecule has 6 rings (SSSR count). The number of fused-ring (bicyclic) bond motifs is 1. The average molecular weight is 560 g/mol. The monoisotopic (exact) mass is 559 g/mol. The molecule has 1 saturated carbocycles. The van der Waals surface area contributed by atoms with E-state index in [0.29, 0.717) is 23.2 Å². The van der Waals surface area contributed by atoms with Crippen LogP contribution in [-0.2, 0) is 4.79 Å². The molecule has 4 aromatic carbocycles. The van der Waals surface area contributed by atoms with Gasteiger partial charge in [-0.1, -0.05) is 79.2 Å². The lowest BCUT2D eigenvalue weighted by atomic mass is 9.68. The minimum absolute atomic E-state index is 0.0526. The van der Waals surface area contributed by atoms with Crippen molar-refractivity contribution in [3.05, 3.63) is 114 Å². The van der Waals surface area contributed by atoms with Crippen molar-refractivity contribution in [3.63, 3.8) is 0 Å². The fraction of sp³-hybridized carbons (Fsp3) is 0.278. The van der Waals surface area contributed by atoms with Crippen LogP contribution in [0, 0.1) is 11.8 Å². The summed E-state index contributed by atoms with van der Waals surface area (Å²) in [5, 5.41) is 0. The Morgan fingerprint density at radius 1 is 0.833 bits per heavy atom. The molecular weight excluding hydrogens is 522 g/mol. The molecule has 0 aliphatic heterocycles. The summed E-state index contributed by atoms with van der Waals surface area (Å²) in [5.74, 6) is 2.31. The van der Waals surface area contributed by atoms with Crippen molar-refractivity contribution in [1.82, 2.24) is 9.55 Å². The Balaban J connectivity index is 1.45. The van der Waals surface area contributed by atoms with Gasteiger partial charge in [-0.15, -0.1) is 0 Å². The van der Waals surface area contributed by atoms with Crippen LogP contribution < -0.4 is 15.2 Å². The molecule has 5 aromatic rings. The maximum Gasteiger partial charge on any atom is 0.240 e. The van der Waals surface area contributed by atoms with Gasteiger partial charge in [0.05, 0.1) is 30.8 Å². The zero-order chi connectivity index (χ0) is 29.1. The second-order valence-electron chi connectivity index (χ2n) is 11.2. The van der Waals surface area contributed by atoms with Crippen LogP contribution in [0.3, 0.4) is 0 Å². The predicted molar refractivity (Wildman–Crippen MR) is 167 cm³/mol. The van der Waals surface area contributed by atoms with Crippen molar-refractivity contribution in [2.45, 2.75) is 37.6 Å². The lowest BCUT2D eigenvalue weighted by Crippen LogP contribution is -2.36. The van der Waals surface area contributed by atoms with Gasteiger partial charge in [0, 0.05) is 12.0 Å². The topological polar surface area (TPSA) is 79.4 Å². The number of hydrogen-bond acceptors (Lipinski definition) is 4. The summed E-state index contributed by atoms with van der Waals surface area (Å²) >= 11 is 0. The summed E-state index contributed by atoms with van der Waals surface area (Å²) < 4.78 is 13.3. The van der Waals surface area contributed by atoms with Crippen LogP contribution in [0.2, 0.25) is 0 Å². The van der Waals surface area contributed by atoms with Gasteiger partial charge in [0.25, 0.3) is 0 Å². The van der Waals surface area contributed by atoms with Gasteiger partial charge in [0.15, 0.2) is 0 Å². The highest BCUT2D eigenvalue weighted by Gasteiger charge is 2.38. The fourth-order valence-electron chi connectivity index (χ4n) is 6.98. The molecule has 1 heterocycles. The number of nitrogens with zero attached hydrogens (tertiary/aromatic N) is 2. The van der Waals surface area contributed by atoms with Crippen LogP contribution in [-0.4, -0.2) is 29.7 Å². The van der Waals surface area contributed by atoms with E-state index in [1.807, 2.05) is 42.5 Å². The van der Waals surface area contributed by atoms with Crippen LogP contribution in [0.5, 0.6) is 11.5 Å². The molecule has 6 nitrogen and oxygen atoms in total. The molecule has 6 heteroatoms. The number of ether oxygens (including phenoxy) is 2. The second kappa shape index (κ2) is 12.1. The number of primary amides is 1. The van der Waals surface area contributed by atoms with Crippen molar-refractivity contribution in [1.29, 1.82) is 0 Å². The first-order chi connectivity index (χ1) is 20.6. The number of carbonyl (C=O) groups excluding carboxylic acids is 1. The Morgan fingerprint density at radius 2 is 1.48 bits per heavy atom. The van der Waals surface area contributed by atoms with Crippen molar-refractivity contribution >= 4 is 16.9 Å². The van der Waals surface area contributed by atoms with E-state index >= 15 is 0 Å². The summed E-state index contributed by atoms with van der Waals surface area (Å²) in [7, 11) is 3.26. The van der Waals surface area contributed by atoms with E-state index in [4.69, 9.17) is 20.2 Å². The van der Waals surface area contributed by atoms with Gasteiger partial charge in [-0.05, 0) is 66.5 Å². The fourth-order valence-corrected chi connectivity index (χ4v) is 6.98. The molecule has 1 amide bonds. The highest BCUT2D eigenvalue weighted by atomic mass is 16.5. The average Bonchev–Trinajstić information content (AvgIpc) is 3.41. The van der Waals surface area contributed by atoms with Gasteiger partial charge in [-0.25, -0.2) is 4.98 Å². The smallest absolute Gasteiger partial charge is 0.240 e. The molecule has 1 aliphatic rings. The SMILES string of the molecule is COc1ccc(-c2nc3ccccc3n2C(C(N)=O)C2CCCC(C(c3ccccc3)c3ccccc3)C2)c(OC)c1. The van der Waals surface area contributed by atoms with E-state index in [-0.39, 0.29) is 17.7 Å². The number of benzene rings is 4. The maximum atomic E-state index is 13.5. The molecule has 1 aliphatic carbocycles. The molecule has 0 saturated heterocycles. The Bertz CT molecular complexity index is 1630. The van der Waals surface area contributed by atoms with Gasteiger partial charge in [-0.2, -0.15) is 0 Å². The Hall–Kier alpha value is -4.58. The highest BCUT2D eigenvalue weighted by molar-refractivity contribution is 5.87. The minimum atomic E-state index is -0.561. The summed E-state index contributed by atoms with van der Waals surface area (Å²) in [6, 6.07) is 34.6. The quantitative estimate of drug-likeness (QED) is 0.204. The number of para-hydroxylation sites is 2. The van der Waals surface area contributed by atoms with Crippen molar-refractivity contribution in [2.24, 2.45) is 17.6 Å². The molecule has 3 atom stereocenters.